The third-order valence-electron chi connectivity index (χ3n) is 4.44. The molecule has 8 heteroatoms. The Bertz CT molecular complexity index is 799. The van der Waals surface area contributed by atoms with Gasteiger partial charge in [0.05, 0.1) is 7.11 Å². The Morgan fingerprint density at radius 1 is 1.35 bits per heavy atom. The minimum Gasteiger partial charge on any atom is -0.494 e. The molecule has 1 saturated heterocycles. The van der Waals surface area contributed by atoms with E-state index in [9.17, 15) is 13.6 Å². The van der Waals surface area contributed by atoms with Crippen molar-refractivity contribution in [3.63, 3.8) is 0 Å². The smallest absolute Gasteiger partial charge is 0.261 e. The molecule has 1 aromatic heterocycles. The van der Waals surface area contributed by atoms with Crippen LogP contribution in [0.2, 0.25) is 0 Å². The molecule has 0 N–H and O–H groups in total. The fraction of sp³-hybridized carbons (Fsp3) is 0.444. The summed E-state index contributed by atoms with van der Waals surface area (Å²) >= 11 is 0. The van der Waals surface area contributed by atoms with E-state index in [4.69, 9.17) is 9.26 Å². The first kappa shape index (κ1) is 18.2. The van der Waals surface area contributed by atoms with Crippen LogP contribution in [0.15, 0.2) is 22.7 Å². The number of aromatic nitrogens is 1. The largest absolute Gasteiger partial charge is 0.494 e. The van der Waals surface area contributed by atoms with Crippen LogP contribution in [0.1, 0.15) is 23.2 Å². The molecule has 2 aromatic rings. The van der Waals surface area contributed by atoms with Crippen molar-refractivity contribution in [2.45, 2.75) is 19.0 Å². The first-order valence-electron chi connectivity index (χ1n) is 8.36. The topological polar surface area (TPSA) is 58.8 Å². The lowest BCUT2D eigenvalue weighted by Gasteiger charge is -2.29. The zero-order valence-electron chi connectivity index (χ0n) is 15.0. The highest BCUT2D eigenvalue weighted by molar-refractivity contribution is 6.04. The number of halogens is 2. The highest BCUT2D eigenvalue weighted by Gasteiger charge is 2.31. The molecule has 0 radical (unpaired) electrons. The average Bonchev–Trinajstić information content (AvgIpc) is 3.07. The van der Waals surface area contributed by atoms with Crippen LogP contribution in [0.3, 0.4) is 0 Å². The molecule has 0 bridgehead atoms. The van der Waals surface area contributed by atoms with Gasteiger partial charge in [0.2, 0.25) is 0 Å². The van der Waals surface area contributed by atoms with Crippen molar-refractivity contribution in [3.05, 3.63) is 29.6 Å². The molecular formula is C18H21F2N3O3. The van der Waals surface area contributed by atoms with Gasteiger partial charge in [-0.15, -0.1) is 0 Å². The Balaban J connectivity index is 2.03. The number of rotatable bonds is 4. The maximum absolute atomic E-state index is 13.7. The summed E-state index contributed by atoms with van der Waals surface area (Å²) in [5.74, 6) is -0.140. The minimum atomic E-state index is -0.879. The van der Waals surface area contributed by atoms with E-state index in [1.54, 1.807) is 23.9 Å². The molecule has 0 spiro atoms. The monoisotopic (exact) mass is 365 g/mol. The molecule has 140 valence electrons. The molecule has 1 aliphatic heterocycles. The molecular weight excluding hydrogens is 344 g/mol. The predicted molar refractivity (Wildman–Crippen MR) is 92.8 cm³/mol. The van der Waals surface area contributed by atoms with Crippen molar-refractivity contribution in [2.24, 2.45) is 0 Å². The van der Waals surface area contributed by atoms with Crippen molar-refractivity contribution in [2.75, 3.05) is 39.2 Å². The lowest BCUT2D eigenvalue weighted by atomic mass is 10.0. The van der Waals surface area contributed by atoms with E-state index >= 15 is 0 Å². The third-order valence-corrected chi connectivity index (χ3v) is 4.44. The molecule has 3 rings (SSSR count). The van der Waals surface area contributed by atoms with Gasteiger partial charge in [-0.1, -0.05) is 5.16 Å². The highest BCUT2D eigenvalue weighted by atomic mass is 19.1. The number of carbonyl (C=O) groups excluding carboxylic acids is 1. The number of likely N-dealkylation sites (tertiary alicyclic amines) is 1. The van der Waals surface area contributed by atoms with Gasteiger partial charge in [0.15, 0.2) is 23.1 Å². The van der Waals surface area contributed by atoms with Crippen LogP contribution in [-0.2, 0) is 0 Å². The summed E-state index contributed by atoms with van der Waals surface area (Å²) in [7, 11) is 4.86. The quantitative estimate of drug-likeness (QED) is 0.833. The minimum absolute atomic E-state index is 0.0435. The van der Waals surface area contributed by atoms with E-state index in [1.165, 1.54) is 25.3 Å². The number of hydrogen-bond acceptors (Lipinski definition) is 5. The van der Waals surface area contributed by atoms with E-state index in [0.29, 0.717) is 37.3 Å². The van der Waals surface area contributed by atoms with E-state index in [-0.39, 0.29) is 23.0 Å². The van der Waals surface area contributed by atoms with Gasteiger partial charge in [-0.25, -0.2) is 8.78 Å². The lowest BCUT2D eigenvalue weighted by molar-refractivity contribution is 0.0668. The molecule has 6 nitrogen and oxygen atoms in total. The number of nitrogens with zero attached hydrogens (tertiary/aromatic N) is 3. The van der Waals surface area contributed by atoms with Crippen molar-refractivity contribution >= 4 is 11.7 Å². The van der Waals surface area contributed by atoms with Gasteiger partial charge in [0, 0.05) is 32.7 Å². The second-order valence-electron chi connectivity index (χ2n) is 6.42. The number of benzene rings is 1. The lowest BCUT2D eigenvalue weighted by Crippen LogP contribution is -2.39. The van der Waals surface area contributed by atoms with Gasteiger partial charge in [-0.2, -0.15) is 0 Å². The molecule has 0 saturated carbocycles. The Kier molecular flexibility index (Phi) is 5.11. The van der Waals surface area contributed by atoms with Gasteiger partial charge in [0.25, 0.3) is 5.91 Å². The molecule has 0 aliphatic carbocycles. The second-order valence-corrected chi connectivity index (χ2v) is 6.42. The van der Waals surface area contributed by atoms with Gasteiger partial charge in [-0.3, -0.25) is 4.79 Å². The van der Waals surface area contributed by atoms with Crippen molar-refractivity contribution in [3.8, 4) is 17.1 Å². The van der Waals surface area contributed by atoms with E-state index in [2.05, 4.69) is 5.16 Å². The molecule has 26 heavy (non-hydrogen) atoms. The number of amides is 1. The van der Waals surface area contributed by atoms with Crippen molar-refractivity contribution < 1.29 is 22.8 Å². The summed E-state index contributed by atoms with van der Waals surface area (Å²) in [5.41, 5.74) is 0.758. The first-order valence-corrected chi connectivity index (χ1v) is 8.36. The summed E-state index contributed by atoms with van der Waals surface area (Å²) in [5, 5.41) is 4.00. The maximum Gasteiger partial charge on any atom is 0.261 e. The summed E-state index contributed by atoms with van der Waals surface area (Å²) < 4.78 is 37.6. The van der Waals surface area contributed by atoms with E-state index in [0.717, 1.165) is 0 Å². The zero-order chi connectivity index (χ0) is 18.8. The molecule has 2 heterocycles. The van der Waals surface area contributed by atoms with Gasteiger partial charge in [0.1, 0.15) is 11.7 Å². The molecule has 0 atom stereocenters. The van der Waals surface area contributed by atoms with Gasteiger partial charge in [-0.05, 0) is 31.0 Å². The molecule has 1 aromatic carbocycles. The van der Waals surface area contributed by atoms with Crippen LogP contribution in [-0.4, -0.2) is 56.4 Å². The molecule has 1 fully saturated rings. The predicted octanol–water partition coefficient (Wildman–Crippen LogP) is 3.13. The van der Waals surface area contributed by atoms with Crippen LogP contribution in [0, 0.1) is 5.82 Å². The number of piperidine rings is 1. The average molecular weight is 365 g/mol. The van der Waals surface area contributed by atoms with Gasteiger partial charge < -0.3 is 19.1 Å². The van der Waals surface area contributed by atoms with E-state index < -0.39 is 12.0 Å². The summed E-state index contributed by atoms with van der Waals surface area (Å²) in [4.78, 5) is 16.3. The number of ether oxygens (including phenoxy) is 1. The van der Waals surface area contributed by atoms with Gasteiger partial charge >= 0.3 is 0 Å². The van der Waals surface area contributed by atoms with Crippen LogP contribution in [0.4, 0.5) is 14.6 Å². The van der Waals surface area contributed by atoms with E-state index in [1.807, 2.05) is 0 Å². The Labute approximate surface area is 150 Å². The van der Waals surface area contributed by atoms with Crippen LogP contribution in [0.5, 0.6) is 5.75 Å². The van der Waals surface area contributed by atoms with Crippen molar-refractivity contribution in [1.82, 2.24) is 10.1 Å². The number of carbonyl (C=O) groups is 1. The summed E-state index contributed by atoms with van der Waals surface area (Å²) in [6, 6.07) is 4.21. The summed E-state index contributed by atoms with van der Waals surface area (Å²) in [6.07, 6.45) is -0.252. The summed E-state index contributed by atoms with van der Waals surface area (Å²) in [6.45, 7) is 0.675. The zero-order valence-corrected chi connectivity index (χ0v) is 15.0. The molecule has 1 aliphatic rings. The first-order chi connectivity index (χ1) is 12.4. The second kappa shape index (κ2) is 7.31. The van der Waals surface area contributed by atoms with Crippen LogP contribution < -0.4 is 9.64 Å². The Morgan fingerprint density at radius 3 is 2.65 bits per heavy atom. The fourth-order valence-corrected chi connectivity index (χ4v) is 2.99. The van der Waals surface area contributed by atoms with Crippen LogP contribution in [0.25, 0.3) is 11.3 Å². The Hall–Kier alpha value is -2.64. The number of hydrogen-bond donors (Lipinski definition) is 0. The molecule has 1 amide bonds. The van der Waals surface area contributed by atoms with Crippen LogP contribution >= 0.6 is 0 Å². The van der Waals surface area contributed by atoms with Crippen molar-refractivity contribution in [1.29, 1.82) is 0 Å². The number of alkyl halides is 1. The molecule has 0 unspecified atom stereocenters. The SMILES string of the molecule is COc1cc(-c2onc(N(C)C)c2C(=O)N2CCC(F)CC2)ccc1F. The Morgan fingerprint density at radius 2 is 2.04 bits per heavy atom. The number of methoxy groups -OCH3 is 1. The normalized spacial score (nSPS) is 15.2. The fourth-order valence-electron chi connectivity index (χ4n) is 2.99. The maximum atomic E-state index is 13.7. The highest BCUT2D eigenvalue weighted by Crippen LogP contribution is 2.34. The standard InChI is InChI=1S/C18H21F2N3O3/c1-22(2)17-15(18(24)23-8-6-12(19)7-9-23)16(26-21-17)11-4-5-13(20)14(10-11)25-3/h4-5,10,12H,6-9H2,1-3H3. The number of anilines is 1. The third kappa shape index (κ3) is 3.36.